The molecule has 0 radical (unpaired) electrons. The fourth-order valence-electron chi connectivity index (χ4n) is 2.51. The van der Waals surface area contributed by atoms with Gasteiger partial charge in [-0.2, -0.15) is 0 Å². The van der Waals surface area contributed by atoms with Gasteiger partial charge in [-0.3, -0.25) is 10.1 Å². The molecule has 1 fully saturated rings. The molecule has 1 N–H and O–H groups in total. The molecule has 20 heavy (non-hydrogen) atoms. The van der Waals surface area contributed by atoms with E-state index in [2.05, 4.69) is 5.32 Å². The van der Waals surface area contributed by atoms with Gasteiger partial charge in [-0.1, -0.05) is 18.2 Å². The van der Waals surface area contributed by atoms with Gasteiger partial charge in [0.1, 0.15) is 0 Å². The van der Waals surface area contributed by atoms with Gasteiger partial charge in [-0.15, -0.1) is 0 Å². The Bertz CT molecular complexity index is 472. The molecule has 1 unspecified atom stereocenters. The van der Waals surface area contributed by atoms with Crippen molar-refractivity contribution in [3.8, 4) is 0 Å². The average molecular weight is 278 g/mol. The summed E-state index contributed by atoms with van der Waals surface area (Å²) in [6.45, 7) is 3.65. The maximum Gasteiger partial charge on any atom is 0.274 e. The molecular weight excluding hydrogens is 256 g/mol. The molecule has 5 nitrogen and oxygen atoms in total. The molecule has 1 aromatic carbocycles. The fraction of sp³-hybridized carbons (Fsp3) is 0.600. The Hall–Kier alpha value is -1.46. The summed E-state index contributed by atoms with van der Waals surface area (Å²) in [5, 5.41) is 14.5. The summed E-state index contributed by atoms with van der Waals surface area (Å²) in [6.07, 6.45) is 3.49. The zero-order valence-corrected chi connectivity index (χ0v) is 12.1. The first kappa shape index (κ1) is 14.9. The molecule has 0 bridgehead atoms. The van der Waals surface area contributed by atoms with Gasteiger partial charge >= 0.3 is 0 Å². The molecule has 1 aromatic rings. The first-order valence-corrected chi connectivity index (χ1v) is 7.04. The van der Waals surface area contributed by atoms with E-state index >= 15 is 0 Å². The van der Waals surface area contributed by atoms with Crippen LogP contribution in [0, 0.1) is 15.5 Å². The van der Waals surface area contributed by atoms with Gasteiger partial charge in [0.05, 0.1) is 4.92 Å². The van der Waals surface area contributed by atoms with Crippen molar-refractivity contribution in [3.63, 3.8) is 0 Å². The molecule has 0 aliphatic heterocycles. The summed E-state index contributed by atoms with van der Waals surface area (Å²) in [6, 6.07) is 6.92. The second kappa shape index (κ2) is 6.33. The second-order valence-electron chi connectivity index (χ2n) is 5.66. The normalized spacial score (nSPS) is 17.7. The summed E-state index contributed by atoms with van der Waals surface area (Å²) in [5.74, 6) is 0. The van der Waals surface area contributed by atoms with Crippen LogP contribution in [0.3, 0.4) is 0 Å². The van der Waals surface area contributed by atoms with Crippen LogP contribution < -0.4 is 5.32 Å². The lowest BCUT2D eigenvalue weighted by atomic mass is 10.0. The van der Waals surface area contributed by atoms with Crippen molar-refractivity contribution in [2.75, 3.05) is 20.3 Å². The minimum Gasteiger partial charge on any atom is -0.385 e. The van der Waals surface area contributed by atoms with Gasteiger partial charge in [-0.25, -0.2) is 0 Å². The van der Waals surface area contributed by atoms with Crippen molar-refractivity contribution in [3.05, 3.63) is 39.9 Å². The van der Waals surface area contributed by atoms with Crippen LogP contribution >= 0.6 is 0 Å². The highest BCUT2D eigenvalue weighted by atomic mass is 16.6. The van der Waals surface area contributed by atoms with Crippen LogP contribution in [0.4, 0.5) is 5.69 Å². The predicted molar refractivity (Wildman–Crippen MR) is 77.7 cm³/mol. The number of hydrogen-bond acceptors (Lipinski definition) is 4. The van der Waals surface area contributed by atoms with E-state index in [-0.39, 0.29) is 16.7 Å². The quantitative estimate of drug-likeness (QED) is 0.586. The van der Waals surface area contributed by atoms with E-state index in [1.54, 1.807) is 19.2 Å². The van der Waals surface area contributed by atoms with E-state index in [0.29, 0.717) is 5.41 Å². The molecular formula is C15H22N2O3. The van der Waals surface area contributed by atoms with E-state index in [1.807, 2.05) is 19.1 Å². The highest BCUT2D eigenvalue weighted by molar-refractivity contribution is 5.41. The Morgan fingerprint density at radius 2 is 2.15 bits per heavy atom. The Labute approximate surface area is 119 Å². The van der Waals surface area contributed by atoms with Crippen molar-refractivity contribution in [1.82, 2.24) is 5.32 Å². The molecule has 2 rings (SSSR count). The molecule has 1 saturated carbocycles. The molecule has 1 aliphatic rings. The summed E-state index contributed by atoms with van der Waals surface area (Å²) < 4.78 is 5.14. The SMILES string of the molecule is COCCC1(CNC(C)c2ccccc2[N+](=O)[O-])CC1. The van der Waals surface area contributed by atoms with E-state index in [4.69, 9.17) is 4.74 Å². The van der Waals surface area contributed by atoms with Crippen LogP contribution in [0.25, 0.3) is 0 Å². The molecule has 5 heteroatoms. The zero-order valence-electron chi connectivity index (χ0n) is 12.1. The van der Waals surface area contributed by atoms with Crippen LogP contribution in [-0.4, -0.2) is 25.2 Å². The van der Waals surface area contributed by atoms with Gasteiger partial charge in [0.2, 0.25) is 0 Å². The van der Waals surface area contributed by atoms with E-state index < -0.39 is 0 Å². The first-order valence-electron chi connectivity index (χ1n) is 7.04. The number of rotatable bonds is 8. The number of nitrogens with one attached hydrogen (secondary N) is 1. The number of para-hydroxylation sites is 1. The number of hydrogen-bond donors (Lipinski definition) is 1. The van der Waals surface area contributed by atoms with E-state index in [9.17, 15) is 10.1 Å². The number of nitrogens with zero attached hydrogens (tertiary/aromatic N) is 1. The average Bonchev–Trinajstić information content (AvgIpc) is 3.23. The maximum absolute atomic E-state index is 11.0. The highest BCUT2D eigenvalue weighted by Gasteiger charge is 2.41. The highest BCUT2D eigenvalue weighted by Crippen LogP contribution is 2.48. The third kappa shape index (κ3) is 3.55. The van der Waals surface area contributed by atoms with Crippen molar-refractivity contribution in [2.45, 2.75) is 32.2 Å². The number of benzene rings is 1. The summed E-state index contributed by atoms with van der Waals surface area (Å²) in [7, 11) is 1.72. The van der Waals surface area contributed by atoms with Crippen LogP contribution in [0.5, 0.6) is 0 Å². The van der Waals surface area contributed by atoms with Crippen LogP contribution in [0.15, 0.2) is 24.3 Å². The minimum atomic E-state index is -0.314. The molecule has 110 valence electrons. The van der Waals surface area contributed by atoms with Gasteiger partial charge in [0.25, 0.3) is 5.69 Å². The van der Waals surface area contributed by atoms with Gasteiger partial charge in [0.15, 0.2) is 0 Å². The standard InChI is InChI=1S/C15H22N2O3/c1-12(13-5-3-4-6-14(13)17(18)19)16-11-15(7-8-15)9-10-20-2/h3-6,12,16H,7-11H2,1-2H3. The number of methoxy groups -OCH3 is 1. The minimum absolute atomic E-state index is 0.0170. The lowest BCUT2D eigenvalue weighted by molar-refractivity contribution is -0.385. The molecule has 0 saturated heterocycles. The Morgan fingerprint density at radius 3 is 2.75 bits per heavy atom. The summed E-state index contributed by atoms with van der Waals surface area (Å²) in [4.78, 5) is 10.7. The molecule has 1 aliphatic carbocycles. The van der Waals surface area contributed by atoms with Gasteiger partial charge in [-0.05, 0) is 31.6 Å². The molecule has 1 atom stereocenters. The van der Waals surface area contributed by atoms with Crippen molar-refractivity contribution in [2.24, 2.45) is 5.41 Å². The monoisotopic (exact) mass is 278 g/mol. The maximum atomic E-state index is 11.0. The first-order chi connectivity index (χ1) is 9.58. The fourth-order valence-corrected chi connectivity index (χ4v) is 2.51. The van der Waals surface area contributed by atoms with Crippen LogP contribution in [0.2, 0.25) is 0 Å². The Morgan fingerprint density at radius 1 is 1.45 bits per heavy atom. The van der Waals surface area contributed by atoms with E-state index in [1.165, 1.54) is 12.8 Å². The molecule has 0 amide bonds. The smallest absolute Gasteiger partial charge is 0.274 e. The second-order valence-corrected chi connectivity index (χ2v) is 5.66. The summed E-state index contributed by atoms with van der Waals surface area (Å²) >= 11 is 0. The lowest BCUT2D eigenvalue weighted by Crippen LogP contribution is -2.28. The van der Waals surface area contributed by atoms with E-state index in [0.717, 1.165) is 25.1 Å². The van der Waals surface area contributed by atoms with Crippen molar-refractivity contribution < 1.29 is 9.66 Å². The topological polar surface area (TPSA) is 64.4 Å². The Balaban J connectivity index is 1.95. The summed E-state index contributed by atoms with van der Waals surface area (Å²) in [5.41, 5.74) is 1.28. The Kier molecular flexibility index (Phi) is 4.73. The van der Waals surface area contributed by atoms with Gasteiger partial charge in [0, 0.05) is 37.9 Å². The third-order valence-corrected chi connectivity index (χ3v) is 4.18. The molecule has 0 spiro atoms. The zero-order chi connectivity index (χ0) is 14.6. The third-order valence-electron chi connectivity index (χ3n) is 4.18. The van der Waals surface area contributed by atoms with Crippen LogP contribution in [-0.2, 0) is 4.74 Å². The lowest BCUT2D eigenvalue weighted by Gasteiger charge is -2.20. The molecule has 0 heterocycles. The van der Waals surface area contributed by atoms with Gasteiger partial charge < -0.3 is 10.1 Å². The largest absolute Gasteiger partial charge is 0.385 e. The number of nitro benzene ring substituents is 1. The predicted octanol–water partition coefficient (Wildman–Crippen LogP) is 3.06. The van der Waals surface area contributed by atoms with Crippen molar-refractivity contribution in [1.29, 1.82) is 0 Å². The molecule has 0 aromatic heterocycles. The van der Waals surface area contributed by atoms with Crippen molar-refractivity contribution >= 4 is 5.69 Å². The number of nitro groups is 1. The van der Waals surface area contributed by atoms with Crippen LogP contribution in [0.1, 0.15) is 37.8 Å². The number of ether oxygens (including phenoxy) is 1.